The van der Waals surface area contributed by atoms with E-state index in [9.17, 15) is 0 Å². The van der Waals surface area contributed by atoms with Crippen LogP contribution >= 0.6 is 0 Å². The summed E-state index contributed by atoms with van der Waals surface area (Å²) in [6.45, 7) is 13.7. The fourth-order valence-electron chi connectivity index (χ4n) is 3.08. The lowest BCUT2D eigenvalue weighted by Crippen LogP contribution is -2.49. The van der Waals surface area contributed by atoms with Gasteiger partial charge >= 0.3 is 0 Å². The molecule has 1 aromatic rings. The van der Waals surface area contributed by atoms with E-state index in [1.165, 1.54) is 30.6 Å². The summed E-state index contributed by atoms with van der Waals surface area (Å²) in [7, 11) is 0. The van der Waals surface area contributed by atoms with Gasteiger partial charge in [0.1, 0.15) is 0 Å². The largest absolute Gasteiger partial charge is 0.312 e. The number of piperidine rings is 1. The van der Waals surface area contributed by atoms with Crippen LogP contribution in [0.4, 0.5) is 0 Å². The number of hydrogen-bond acceptors (Lipinski definition) is 2. The molecule has 0 spiro atoms. The second-order valence-corrected chi connectivity index (χ2v) is 6.69. The van der Waals surface area contributed by atoms with E-state index in [4.69, 9.17) is 0 Å². The monoisotopic (exact) mass is 274 g/mol. The van der Waals surface area contributed by atoms with Gasteiger partial charge in [0.25, 0.3) is 0 Å². The van der Waals surface area contributed by atoms with Gasteiger partial charge in [0.2, 0.25) is 0 Å². The Kier molecular flexibility index (Phi) is 5.62. The van der Waals surface area contributed by atoms with Crippen LogP contribution in [0, 0.1) is 12.8 Å². The third-order valence-corrected chi connectivity index (χ3v) is 4.34. The first-order valence-corrected chi connectivity index (χ1v) is 8.10. The van der Waals surface area contributed by atoms with Crippen LogP contribution < -0.4 is 5.32 Å². The van der Waals surface area contributed by atoms with Crippen molar-refractivity contribution < 1.29 is 0 Å². The highest BCUT2D eigenvalue weighted by molar-refractivity contribution is 5.25. The van der Waals surface area contributed by atoms with Gasteiger partial charge < -0.3 is 10.2 Å². The van der Waals surface area contributed by atoms with Gasteiger partial charge in [-0.05, 0) is 43.8 Å². The van der Waals surface area contributed by atoms with E-state index >= 15 is 0 Å². The van der Waals surface area contributed by atoms with Crippen LogP contribution in [0.25, 0.3) is 0 Å². The number of aryl methyl sites for hydroxylation is 1. The van der Waals surface area contributed by atoms with E-state index in [1.807, 2.05) is 0 Å². The Labute approximate surface area is 124 Å². The summed E-state index contributed by atoms with van der Waals surface area (Å²) in [5, 5.41) is 3.75. The van der Waals surface area contributed by atoms with Gasteiger partial charge in [-0.15, -0.1) is 0 Å². The summed E-state index contributed by atoms with van der Waals surface area (Å²) in [5.74, 6) is 1.40. The average molecular weight is 274 g/mol. The number of nitrogens with one attached hydrogen (secondary N) is 1. The van der Waals surface area contributed by atoms with E-state index < -0.39 is 0 Å². The number of likely N-dealkylation sites (tertiary alicyclic amines) is 1. The Morgan fingerprint density at radius 1 is 1.20 bits per heavy atom. The third-order valence-electron chi connectivity index (χ3n) is 4.34. The molecule has 2 heteroatoms. The molecule has 1 aliphatic rings. The first kappa shape index (κ1) is 15.5. The van der Waals surface area contributed by atoms with Crippen molar-refractivity contribution in [2.75, 3.05) is 26.2 Å². The van der Waals surface area contributed by atoms with E-state index in [1.54, 1.807) is 0 Å². The molecule has 20 heavy (non-hydrogen) atoms. The summed E-state index contributed by atoms with van der Waals surface area (Å²) >= 11 is 0. The minimum absolute atomic E-state index is 0.636. The zero-order valence-electron chi connectivity index (χ0n) is 13.5. The highest BCUT2D eigenvalue weighted by Gasteiger charge is 2.27. The summed E-state index contributed by atoms with van der Waals surface area (Å²) in [5.41, 5.74) is 2.86. The number of rotatable bonds is 5. The Hall–Kier alpha value is -0.860. The smallest absolute Gasteiger partial charge is 0.0201 e. The van der Waals surface area contributed by atoms with Gasteiger partial charge in [-0.3, -0.25) is 0 Å². The first-order chi connectivity index (χ1) is 9.58. The molecule has 1 saturated heterocycles. The zero-order chi connectivity index (χ0) is 14.5. The maximum absolute atomic E-state index is 3.75. The lowest BCUT2D eigenvalue weighted by Gasteiger charge is -2.38. The summed E-state index contributed by atoms with van der Waals surface area (Å²) in [4.78, 5) is 2.59. The molecule has 1 heterocycles. The molecular formula is C18H30N2. The molecular weight excluding hydrogens is 244 g/mol. The molecule has 112 valence electrons. The Morgan fingerprint density at radius 2 is 1.90 bits per heavy atom. The zero-order valence-corrected chi connectivity index (χ0v) is 13.5. The normalized spacial score (nSPS) is 24.2. The molecule has 0 amide bonds. The number of likely N-dealkylation sites (N-methyl/N-ethyl adjacent to an activating group) is 1. The Bertz CT molecular complexity index is 396. The molecule has 0 radical (unpaired) electrons. The summed E-state index contributed by atoms with van der Waals surface area (Å²) in [6, 6.07) is 9.77. The van der Waals surface area contributed by atoms with E-state index in [0.29, 0.717) is 12.0 Å². The number of hydrogen-bond donors (Lipinski definition) is 1. The fraction of sp³-hybridized carbons (Fsp3) is 0.667. The van der Waals surface area contributed by atoms with Gasteiger partial charge in [0.05, 0.1) is 0 Å². The third kappa shape index (κ3) is 4.32. The molecule has 1 aromatic carbocycles. The SMILES string of the molecule is CCN1CC(NCC(C)C)CC(c2ccc(C)cc2)C1. The van der Waals surface area contributed by atoms with Crippen molar-refractivity contribution in [2.45, 2.75) is 46.1 Å². The van der Waals surface area contributed by atoms with Crippen molar-refractivity contribution in [3.8, 4) is 0 Å². The van der Waals surface area contributed by atoms with Gasteiger partial charge in [0.15, 0.2) is 0 Å². The van der Waals surface area contributed by atoms with Crippen molar-refractivity contribution in [3.63, 3.8) is 0 Å². The lowest BCUT2D eigenvalue weighted by molar-refractivity contribution is 0.176. The van der Waals surface area contributed by atoms with E-state index in [-0.39, 0.29) is 0 Å². The van der Waals surface area contributed by atoms with Crippen LogP contribution in [-0.4, -0.2) is 37.1 Å². The molecule has 1 aliphatic heterocycles. The van der Waals surface area contributed by atoms with Crippen molar-refractivity contribution >= 4 is 0 Å². The van der Waals surface area contributed by atoms with Gasteiger partial charge in [-0.2, -0.15) is 0 Å². The molecule has 1 N–H and O–H groups in total. The van der Waals surface area contributed by atoms with Gasteiger partial charge in [0, 0.05) is 19.1 Å². The predicted octanol–water partition coefficient (Wildman–Crippen LogP) is 3.42. The highest BCUT2D eigenvalue weighted by Crippen LogP contribution is 2.27. The van der Waals surface area contributed by atoms with E-state index in [2.05, 4.69) is 62.2 Å². The number of benzene rings is 1. The van der Waals surface area contributed by atoms with Crippen LogP contribution in [0.3, 0.4) is 0 Å². The minimum Gasteiger partial charge on any atom is -0.312 e. The molecule has 2 nitrogen and oxygen atoms in total. The summed E-state index contributed by atoms with van der Waals surface area (Å²) in [6.07, 6.45) is 1.27. The van der Waals surface area contributed by atoms with Crippen molar-refractivity contribution in [1.82, 2.24) is 10.2 Å². The average Bonchev–Trinajstić information content (AvgIpc) is 2.45. The van der Waals surface area contributed by atoms with Crippen LogP contribution in [0.15, 0.2) is 24.3 Å². The van der Waals surface area contributed by atoms with Crippen LogP contribution in [-0.2, 0) is 0 Å². The topological polar surface area (TPSA) is 15.3 Å². The maximum Gasteiger partial charge on any atom is 0.0201 e. The van der Waals surface area contributed by atoms with Gasteiger partial charge in [-0.1, -0.05) is 50.6 Å². The van der Waals surface area contributed by atoms with Gasteiger partial charge in [-0.25, -0.2) is 0 Å². The second-order valence-electron chi connectivity index (χ2n) is 6.69. The van der Waals surface area contributed by atoms with Crippen LogP contribution in [0.5, 0.6) is 0 Å². The number of nitrogens with zero attached hydrogens (tertiary/aromatic N) is 1. The molecule has 1 fully saturated rings. The Balaban J connectivity index is 2.02. The van der Waals surface area contributed by atoms with Crippen molar-refractivity contribution in [2.24, 2.45) is 5.92 Å². The predicted molar refractivity (Wildman–Crippen MR) is 87.3 cm³/mol. The molecule has 0 aliphatic carbocycles. The molecule has 2 atom stereocenters. The van der Waals surface area contributed by atoms with Crippen LogP contribution in [0.2, 0.25) is 0 Å². The highest BCUT2D eigenvalue weighted by atomic mass is 15.2. The van der Waals surface area contributed by atoms with Crippen molar-refractivity contribution in [3.05, 3.63) is 35.4 Å². The maximum atomic E-state index is 3.75. The first-order valence-electron chi connectivity index (χ1n) is 8.10. The van der Waals surface area contributed by atoms with E-state index in [0.717, 1.165) is 19.0 Å². The quantitative estimate of drug-likeness (QED) is 0.885. The van der Waals surface area contributed by atoms with Crippen molar-refractivity contribution in [1.29, 1.82) is 0 Å². The van der Waals surface area contributed by atoms with Crippen LogP contribution in [0.1, 0.15) is 44.2 Å². The fourth-order valence-corrected chi connectivity index (χ4v) is 3.08. The molecule has 0 aromatic heterocycles. The molecule has 2 rings (SSSR count). The second kappa shape index (κ2) is 7.24. The lowest BCUT2D eigenvalue weighted by atomic mass is 9.87. The summed E-state index contributed by atoms with van der Waals surface area (Å²) < 4.78 is 0. The standard InChI is InChI=1S/C18H30N2/c1-5-20-12-17(16-8-6-15(4)7-9-16)10-18(13-20)19-11-14(2)3/h6-9,14,17-19H,5,10-13H2,1-4H3. The minimum atomic E-state index is 0.636. The molecule has 0 bridgehead atoms. The Morgan fingerprint density at radius 3 is 2.50 bits per heavy atom. The molecule has 2 unspecified atom stereocenters. The molecule has 0 saturated carbocycles.